The molecule has 0 spiro atoms. The predicted octanol–water partition coefficient (Wildman–Crippen LogP) is 4.39. The van der Waals surface area contributed by atoms with E-state index in [-0.39, 0.29) is 10.9 Å². The number of halogens is 2. The SMILES string of the molecule is CC(C)C(NC(=O)c1ccc(Cl)c(Cl)c1)C(=O)N/N=C\c1cn(C)c2ccccc12. The Kier molecular flexibility index (Phi) is 6.80. The highest BCUT2D eigenvalue weighted by molar-refractivity contribution is 6.42. The number of hydrazone groups is 1. The minimum Gasteiger partial charge on any atom is -0.350 e. The van der Waals surface area contributed by atoms with Gasteiger partial charge in [0, 0.05) is 35.3 Å². The maximum atomic E-state index is 12.6. The molecule has 30 heavy (non-hydrogen) atoms. The van der Waals surface area contributed by atoms with Crippen LogP contribution < -0.4 is 10.7 Å². The number of benzene rings is 2. The summed E-state index contributed by atoms with van der Waals surface area (Å²) in [6.07, 6.45) is 3.53. The highest BCUT2D eigenvalue weighted by atomic mass is 35.5. The van der Waals surface area contributed by atoms with E-state index in [4.69, 9.17) is 23.2 Å². The number of hydrogen-bond donors (Lipinski definition) is 2. The minimum atomic E-state index is -0.767. The molecule has 0 saturated carbocycles. The van der Waals surface area contributed by atoms with Crippen LogP contribution in [0, 0.1) is 5.92 Å². The summed E-state index contributed by atoms with van der Waals surface area (Å²) >= 11 is 11.9. The second kappa shape index (κ2) is 9.32. The number of fused-ring (bicyclic) bond motifs is 1. The van der Waals surface area contributed by atoms with E-state index in [2.05, 4.69) is 15.8 Å². The maximum Gasteiger partial charge on any atom is 0.262 e. The van der Waals surface area contributed by atoms with Crippen molar-refractivity contribution < 1.29 is 9.59 Å². The third-order valence-electron chi connectivity index (χ3n) is 4.72. The van der Waals surface area contributed by atoms with Crippen LogP contribution in [0.5, 0.6) is 0 Å². The van der Waals surface area contributed by atoms with Crippen LogP contribution in [0.3, 0.4) is 0 Å². The number of para-hydroxylation sites is 1. The van der Waals surface area contributed by atoms with Gasteiger partial charge in [0.1, 0.15) is 6.04 Å². The number of rotatable bonds is 6. The molecule has 0 radical (unpaired) electrons. The summed E-state index contributed by atoms with van der Waals surface area (Å²) in [4.78, 5) is 25.2. The summed E-state index contributed by atoms with van der Waals surface area (Å²) in [5.74, 6) is -0.972. The molecule has 0 saturated heterocycles. The Bertz CT molecular complexity index is 1120. The van der Waals surface area contributed by atoms with Crippen molar-refractivity contribution in [3.8, 4) is 0 Å². The number of nitrogens with zero attached hydrogens (tertiary/aromatic N) is 2. The average Bonchev–Trinajstić information content (AvgIpc) is 3.03. The van der Waals surface area contributed by atoms with E-state index in [0.717, 1.165) is 16.5 Å². The largest absolute Gasteiger partial charge is 0.350 e. The average molecular weight is 445 g/mol. The number of carbonyl (C=O) groups excluding carboxylic acids is 2. The molecule has 6 nitrogen and oxygen atoms in total. The third-order valence-corrected chi connectivity index (χ3v) is 5.46. The molecule has 156 valence electrons. The van der Waals surface area contributed by atoms with Crippen molar-refractivity contribution in [1.29, 1.82) is 0 Å². The summed E-state index contributed by atoms with van der Waals surface area (Å²) in [6.45, 7) is 3.68. The lowest BCUT2D eigenvalue weighted by Gasteiger charge is -2.20. The molecule has 3 aromatic rings. The van der Waals surface area contributed by atoms with Crippen molar-refractivity contribution in [2.24, 2.45) is 18.1 Å². The number of amides is 2. The van der Waals surface area contributed by atoms with Crippen LogP contribution in [-0.4, -0.2) is 28.6 Å². The van der Waals surface area contributed by atoms with Gasteiger partial charge in [-0.05, 0) is 30.2 Å². The molecule has 0 bridgehead atoms. The normalized spacial score (nSPS) is 12.5. The van der Waals surface area contributed by atoms with E-state index in [0.29, 0.717) is 10.6 Å². The highest BCUT2D eigenvalue weighted by Crippen LogP contribution is 2.23. The zero-order chi connectivity index (χ0) is 21.8. The van der Waals surface area contributed by atoms with Gasteiger partial charge in [0.15, 0.2) is 0 Å². The lowest BCUT2D eigenvalue weighted by atomic mass is 10.0. The summed E-state index contributed by atoms with van der Waals surface area (Å²) in [5, 5.41) is 8.48. The Morgan fingerprint density at radius 2 is 1.83 bits per heavy atom. The first-order chi connectivity index (χ1) is 14.3. The fourth-order valence-electron chi connectivity index (χ4n) is 3.11. The van der Waals surface area contributed by atoms with Gasteiger partial charge >= 0.3 is 0 Å². The van der Waals surface area contributed by atoms with E-state index in [1.165, 1.54) is 12.1 Å². The molecule has 0 aliphatic rings. The molecule has 2 N–H and O–H groups in total. The lowest BCUT2D eigenvalue weighted by molar-refractivity contribution is -0.123. The first-order valence-electron chi connectivity index (χ1n) is 9.41. The molecule has 0 aliphatic carbocycles. The molecular formula is C22H22Cl2N4O2. The zero-order valence-corrected chi connectivity index (χ0v) is 18.3. The van der Waals surface area contributed by atoms with Crippen molar-refractivity contribution in [2.75, 3.05) is 0 Å². The molecule has 3 rings (SSSR count). The van der Waals surface area contributed by atoms with E-state index in [9.17, 15) is 9.59 Å². The minimum absolute atomic E-state index is 0.149. The van der Waals surface area contributed by atoms with Gasteiger partial charge in [0.25, 0.3) is 11.8 Å². The molecular weight excluding hydrogens is 423 g/mol. The van der Waals surface area contributed by atoms with Gasteiger partial charge < -0.3 is 9.88 Å². The van der Waals surface area contributed by atoms with Gasteiger partial charge in [0.2, 0.25) is 0 Å². The Hall–Kier alpha value is -2.83. The standard InChI is InChI=1S/C22H22Cl2N4O2/c1-13(2)20(26-21(29)14-8-9-17(23)18(24)10-14)22(30)27-25-11-15-12-28(3)19-7-5-4-6-16(15)19/h4-13,20H,1-3H3,(H,26,29)(H,27,30)/b25-11-. The molecule has 1 aromatic heterocycles. The predicted molar refractivity (Wildman–Crippen MR) is 121 cm³/mol. The molecule has 8 heteroatoms. The van der Waals surface area contributed by atoms with Gasteiger partial charge in [0.05, 0.1) is 16.3 Å². The Labute approximate surface area is 184 Å². The molecule has 2 amide bonds. The van der Waals surface area contributed by atoms with Gasteiger partial charge in [-0.1, -0.05) is 55.2 Å². The summed E-state index contributed by atoms with van der Waals surface area (Å²) in [5.41, 5.74) is 4.80. The van der Waals surface area contributed by atoms with Gasteiger partial charge in [-0.3, -0.25) is 9.59 Å². The second-order valence-corrected chi connectivity index (χ2v) is 8.09. The van der Waals surface area contributed by atoms with Crippen molar-refractivity contribution in [2.45, 2.75) is 19.9 Å². The van der Waals surface area contributed by atoms with Gasteiger partial charge in [-0.25, -0.2) is 5.43 Å². The van der Waals surface area contributed by atoms with Crippen LogP contribution in [0.25, 0.3) is 10.9 Å². The first-order valence-corrected chi connectivity index (χ1v) is 10.2. The quantitative estimate of drug-likeness (QED) is 0.436. The van der Waals surface area contributed by atoms with Crippen molar-refractivity contribution >= 4 is 52.1 Å². The summed E-state index contributed by atoms with van der Waals surface area (Å²) in [7, 11) is 1.95. The van der Waals surface area contributed by atoms with Crippen LogP contribution in [0.15, 0.2) is 53.8 Å². The lowest BCUT2D eigenvalue weighted by Crippen LogP contribution is -2.48. The molecule has 0 aliphatic heterocycles. The second-order valence-electron chi connectivity index (χ2n) is 7.27. The van der Waals surface area contributed by atoms with E-state index in [1.54, 1.807) is 12.3 Å². The van der Waals surface area contributed by atoms with Crippen LogP contribution >= 0.6 is 23.2 Å². The smallest absolute Gasteiger partial charge is 0.262 e. The van der Waals surface area contributed by atoms with Crippen molar-refractivity contribution in [3.05, 3.63) is 69.8 Å². The van der Waals surface area contributed by atoms with E-state index < -0.39 is 17.9 Å². The zero-order valence-electron chi connectivity index (χ0n) is 16.8. The molecule has 1 heterocycles. The van der Waals surface area contributed by atoms with Crippen LogP contribution in [0.2, 0.25) is 10.0 Å². The van der Waals surface area contributed by atoms with Crippen LogP contribution in [0.1, 0.15) is 29.8 Å². The molecule has 0 fully saturated rings. The van der Waals surface area contributed by atoms with Crippen molar-refractivity contribution in [1.82, 2.24) is 15.3 Å². The number of aryl methyl sites for hydroxylation is 1. The van der Waals surface area contributed by atoms with Gasteiger partial charge in [-0.15, -0.1) is 0 Å². The molecule has 1 unspecified atom stereocenters. The number of carbonyl (C=O) groups is 2. The fraction of sp³-hybridized carbons (Fsp3) is 0.227. The summed E-state index contributed by atoms with van der Waals surface area (Å²) in [6, 6.07) is 11.7. The fourth-order valence-corrected chi connectivity index (χ4v) is 3.41. The Balaban J connectivity index is 1.70. The topological polar surface area (TPSA) is 75.5 Å². The first kappa shape index (κ1) is 21.9. The van der Waals surface area contributed by atoms with Crippen molar-refractivity contribution in [3.63, 3.8) is 0 Å². The van der Waals surface area contributed by atoms with Crippen LogP contribution in [-0.2, 0) is 11.8 Å². The third kappa shape index (κ3) is 4.83. The number of hydrogen-bond acceptors (Lipinski definition) is 3. The van der Waals surface area contributed by atoms with E-state index >= 15 is 0 Å². The van der Waals surface area contributed by atoms with E-state index in [1.807, 2.05) is 55.9 Å². The summed E-state index contributed by atoms with van der Waals surface area (Å²) < 4.78 is 1.99. The Morgan fingerprint density at radius 3 is 2.53 bits per heavy atom. The van der Waals surface area contributed by atoms with Gasteiger partial charge in [-0.2, -0.15) is 5.10 Å². The van der Waals surface area contributed by atoms with Crippen LogP contribution in [0.4, 0.5) is 0 Å². The molecule has 1 atom stereocenters. The molecule has 2 aromatic carbocycles. The number of aromatic nitrogens is 1. The monoisotopic (exact) mass is 444 g/mol. The number of nitrogens with one attached hydrogen (secondary N) is 2. The maximum absolute atomic E-state index is 12.6. The Morgan fingerprint density at radius 1 is 1.10 bits per heavy atom. The highest BCUT2D eigenvalue weighted by Gasteiger charge is 2.24.